The zero-order chi connectivity index (χ0) is 14.2. The number of hydrogen-bond acceptors (Lipinski definition) is 2. The van der Waals surface area contributed by atoms with Crippen molar-refractivity contribution in [2.24, 2.45) is 0 Å². The fourth-order valence-corrected chi connectivity index (χ4v) is 1.87. The topological polar surface area (TPSA) is 55.1 Å². The maximum Gasteiger partial charge on any atom is 0.418 e. The Morgan fingerprint density at radius 1 is 1.32 bits per heavy atom. The Morgan fingerprint density at radius 3 is 2.53 bits per heavy atom. The van der Waals surface area contributed by atoms with E-state index in [4.69, 9.17) is 5.11 Å². The van der Waals surface area contributed by atoms with E-state index in [0.29, 0.717) is 0 Å². The molecule has 1 aromatic heterocycles. The first-order chi connectivity index (χ1) is 8.79. The van der Waals surface area contributed by atoms with Crippen LogP contribution in [0, 0.1) is 0 Å². The number of nitrogens with zero attached hydrogens (tertiary/aromatic N) is 2. The van der Waals surface area contributed by atoms with Gasteiger partial charge in [-0.15, -0.1) is 0 Å². The molecule has 2 rings (SSSR count). The van der Waals surface area contributed by atoms with Gasteiger partial charge in [0.1, 0.15) is 0 Å². The summed E-state index contributed by atoms with van der Waals surface area (Å²) in [6, 6.07) is 4.68. The number of rotatable bonds is 2. The number of benzene rings is 1. The van der Waals surface area contributed by atoms with Crippen molar-refractivity contribution in [3.05, 3.63) is 46.2 Å². The first-order valence-corrected chi connectivity index (χ1v) is 5.74. The summed E-state index contributed by atoms with van der Waals surface area (Å²) in [5.74, 6) is -1.30. The Hall–Kier alpha value is -1.83. The molecule has 0 aliphatic carbocycles. The van der Waals surface area contributed by atoms with Crippen LogP contribution in [0.15, 0.2) is 34.9 Å². The molecule has 0 spiro atoms. The number of hydrogen-bond donors (Lipinski definition) is 1. The van der Waals surface area contributed by atoms with Gasteiger partial charge in [0.05, 0.1) is 11.3 Å². The summed E-state index contributed by atoms with van der Waals surface area (Å²) < 4.78 is 39.9. The van der Waals surface area contributed by atoms with E-state index in [1.54, 1.807) is 0 Å². The highest BCUT2D eigenvalue weighted by Gasteiger charge is 2.34. The molecule has 100 valence electrons. The predicted octanol–water partition coefficient (Wildman–Crippen LogP) is 3.35. The summed E-state index contributed by atoms with van der Waals surface area (Å²) in [6.07, 6.45) is -3.39. The van der Waals surface area contributed by atoms with Gasteiger partial charge >= 0.3 is 12.1 Å². The zero-order valence-electron chi connectivity index (χ0n) is 9.15. The molecule has 0 aliphatic heterocycles. The van der Waals surface area contributed by atoms with E-state index in [0.717, 1.165) is 16.8 Å². The molecular weight excluding hydrogens is 329 g/mol. The molecule has 19 heavy (non-hydrogen) atoms. The summed E-state index contributed by atoms with van der Waals surface area (Å²) in [5.41, 5.74) is -1.46. The molecule has 1 heterocycles. The minimum Gasteiger partial charge on any atom is -0.476 e. The molecule has 0 radical (unpaired) electrons. The SMILES string of the molecule is O=C(O)c1ccn(-c2ccc(Br)cc2C(F)(F)F)n1. The lowest BCUT2D eigenvalue weighted by molar-refractivity contribution is -0.137. The maximum atomic E-state index is 12.9. The second-order valence-electron chi connectivity index (χ2n) is 3.61. The van der Waals surface area contributed by atoms with Gasteiger partial charge in [-0.25, -0.2) is 9.48 Å². The third kappa shape index (κ3) is 2.78. The van der Waals surface area contributed by atoms with Crippen LogP contribution in [0.2, 0.25) is 0 Å². The van der Waals surface area contributed by atoms with E-state index >= 15 is 0 Å². The second kappa shape index (κ2) is 4.69. The lowest BCUT2D eigenvalue weighted by Crippen LogP contribution is -2.11. The molecule has 1 aromatic carbocycles. The van der Waals surface area contributed by atoms with E-state index in [1.165, 1.54) is 18.3 Å². The summed E-state index contributed by atoms with van der Waals surface area (Å²) >= 11 is 2.97. The molecule has 0 unspecified atom stereocenters. The minimum absolute atomic E-state index is 0.233. The fraction of sp³-hybridized carbons (Fsp3) is 0.0909. The molecule has 0 aliphatic rings. The molecule has 0 amide bonds. The second-order valence-corrected chi connectivity index (χ2v) is 4.53. The first kappa shape index (κ1) is 13.6. The van der Waals surface area contributed by atoms with Crippen molar-refractivity contribution in [1.29, 1.82) is 0 Å². The standard InChI is InChI=1S/C11H6BrF3N2O2/c12-6-1-2-9(7(5-6)11(13,14)15)17-4-3-8(16-17)10(18)19/h1-5H,(H,18,19). The summed E-state index contributed by atoms with van der Waals surface area (Å²) in [6.45, 7) is 0. The van der Waals surface area contributed by atoms with Crippen LogP contribution in [-0.4, -0.2) is 20.9 Å². The van der Waals surface area contributed by atoms with Gasteiger partial charge in [-0.3, -0.25) is 0 Å². The molecule has 2 aromatic rings. The predicted molar refractivity (Wildman–Crippen MR) is 63.2 cm³/mol. The van der Waals surface area contributed by atoms with Gasteiger partial charge in [0.15, 0.2) is 5.69 Å². The molecule has 0 saturated heterocycles. The van der Waals surface area contributed by atoms with Crippen LogP contribution in [0.25, 0.3) is 5.69 Å². The third-order valence-corrected chi connectivity index (χ3v) is 2.81. The molecular formula is C11H6BrF3N2O2. The van der Waals surface area contributed by atoms with Crippen LogP contribution in [-0.2, 0) is 6.18 Å². The Balaban J connectivity index is 2.58. The lowest BCUT2D eigenvalue weighted by atomic mass is 10.1. The molecule has 0 bridgehead atoms. The van der Waals surface area contributed by atoms with Gasteiger partial charge in [0, 0.05) is 10.7 Å². The van der Waals surface area contributed by atoms with Crippen LogP contribution >= 0.6 is 15.9 Å². The molecule has 8 heteroatoms. The smallest absolute Gasteiger partial charge is 0.418 e. The van der Waals surface area contributed by atoms with E-state index in [1.807, 2.05) is 0 Å². The monoisotopic (exact) mass is 334 g/mol. The van der Waals surface area contributed by atoms with Crippen molar-refractivity contribution in [3.63, 3.8) is 0 Å². The van der Waals surface area contributed by atoms with Crippen LogP contribution in [0.1, 0.15) is 16.1 Å². The van der Waals surface area contributed by atoms with Gasteiger partial charge in [-0.1, -0.05) is 15.9 Å². The minimum atomic E-state index is -4.56. The molecule has 0 atom stereocenters. The van der Waals surface area contributed by atoms with Gasteiger partial charge in [-0.05, 0) is 24.3 Å². The highest BCUT2D eigenvalue weighted by molar-refractivity contribution is 9.10. The van der Waals surface area contributed by atoms with Crippen molar-refractivity contribution in [2.75, 3.05) is 0 Å². The lowest BCUT2D eigenvalue weighted by Gasteiger charge is -2.13. The third-order valence-electron chi connectivity index (χ3n) is 2.32. The van der Waals surface area contributed by atoms with Gasteiger partial charge in [0.25, 0.3) is 0 Å². The number of halogens is 4. The van der Waals surface area contributed by atoms with Gasteiger partial charge in [0.2, 0.25) is 0 Å². The number of carboxylic acids is 1. The van der Waals surface area contributed by atoms with Gasteiger partial charge < -0.3 is 5.11 Å². The molecule has 0 saturated carbocycles. The Labute approximate surface area is 113 Å². The number of aromatic nitrogens is 2. The molecule has 0 fully saturated rings. The van der Waals surface area contributed by atoms with E-state index in [9.17, 15) is 18.0 Å². The van der Waals surface area contributed by atoms with Crippen molar-refractivity contribution in [3.8, 4) is 5.69 Å². The largest absolute Gasteiger partial charge is 0.476 e. The Morgan fingerprint density at radius 2 is 2.00 bits per heavy atom. The maximum absolute atomic E-state index is 12.9. The number of aromatic carboxylic acids is 1. The molecule has 1 N–H and O–H groups in total. The van der Waals surface area contributed by atoms with Crippen molar-refractivity contribution < 1.29 is 23.1 Å². The van der Waals surface area contributed by atoms with E-state index in [-0.39, 0.29) is 15.9 Å². The number of carbonyl (C=O) groups is 1. The van der Waals surface area contributed by atoms with Crippen LogP contribution in [0.3, 0.4) is 0 Å². The number of alkyl halides is 3. The Kier molecular flexibility index (Phi) is 3.36. The van der Waals surface area contributed by atoms with Crippen molar-refractivity contribution >= 4 is 21.9 Å². The average molecular weight is 335 g/mol. The first-order valence-electron chi connectivity index (χ1n) is 4.95. The fourth-order valence-electron chi connectivity index (χ4n) is 1.51. The van der Waals surface area contributed by atoms with E-state index in [2.05, 4.69) is 21.0 Å². The average Bonchev–Trinajstić information content (AvgIpc) is 2.77. The quantitative estimate of drug-likeness (QED) is 0.916. The normalized spacial score (nSPS) is 11.6. The van der Waals surface area contributed by atoms with Crippen LogP contribution < -0.4 is 0 Å². The van der Waals surface area contributed by atoms with Gasteiger partial charge in [-0.2, -0.15) is 18.3 Å². The van der Waals surface area contributed by atoms with Crippen LogP contribution in [0.4, 0.5) is 13.2 Å². The number of carboxylic acid groups (broad SMARTS) is 1. The highest BCUT2D eigenvalue weighted by Crippen LogP contribution is 2.35. The molecule has 4 nitrogen and oxygen atoms in total. The van der Waals surface area contributed by atoms with Crippen molar-refractivity contribution in [1.82, 2.24) is 9.78 Å². The zero-order valence-corrected chi connectivity index (χ0v) is 10.7. The van der Waals surface area contributed by atoms with E-state index < -0.39 is 17.7 Å². The highest BCUT2D eigenvalue weighted by atomic mass is 79.9. The Bertz CT molecular complexity index is 637. The summed E-state index contributed by atoms with van der Waals surface area (Å²) in [5, 5.41) is 12.3. The summed E-state index contributed by atoms with van der Waals surface area (Å²) in [7, 11) is 0. The van der Waals surface area contributed by atoms with Crippen molar-refractivity contribution in [2.45, 2.75) is 6.18 Å². The summed E-state index contributed by atoms with van der Waals surface area (Å²) in [4.78, 5) is 10.7. The van der Waals surface area contributed by atoms with Crippen LogP contribution in [0.5, 0.6) is 0 Å².